The van der Waals surface area contributed by atoms with Gasteiger partial charge in [0.25, 0.3) is 0 Å². The average molecular weight is 263 g/mol. The first-order valence-corrected chi connectivity index (χ1v) is 6.88. The third kappa shape index (κ3) is 1.98. The molecule has 0 aliphatic carbocycles. The third-order valence-corrected chi connectivity index (χ3v) is 3.84. The molecule has 20 heavy (non-hydrogen) atoms. The third-order valence-electron chi connectivity index (χ3n) is 3.84. The van der Waals surface area contributed by atoms with Crippen LogP contribution in [0.3, 0.4) is 0 Å². The Morgan fingerprint density at radius 2 is 1.70 bits per heavy atom. The van der Waals surface area contributed by atoms with Gasteiger partial charge in [-0.15, -0.1) is 0 Å². The highest BCUT2D eigenvalue weighted by Gasteiger charge is 2.31. The second-order valence-corrected chi connectivity index (χ2v) is 4.96. The minimum Gasteiger partial charge on any atom is -0.380 e. The monoisotopic (exact) mass is 263 g/mol. The van der Waals surface area contributed by atoms with Crippen LogP contribution in [0.5, 0.6) is 0 Å². The lowest BCUT2D eigenvalue weighted by atomic mass is 9.83. The van der Waals surface area contributed by atoms with E-state index >= 15 is 0 Å². The zero-order valence-corrected chi connectivity index (χ0v) is 11.5. The van der Waals surface area contributed by atoms with Gasteiger partial charge in [-0.1, -0.05) is 61.5 Å². The number of nitrogens with zero attached hydrogens (tertiary/aromatic N) is 1. The first kappa shape index (κ1) is 12.8. The molecule has 0 aliphatic rings. The molecule has 0 amide bonds. The molecule has 1 heterocycles. The van der Waals surface area contributed by atoms with Crippen LogP contribution in [0.4, 0.5) is 0 Å². The standard InChI is InChI=1S/C18H17NO/c1-2-18(20,15-10-4-3-5-11-15)16-12-6-8-14-9-7-13-19-17(14)16/h3-13,20H,2H2,1H3. The summed E-state index contributed by atoms with van der Waals surface area (Å²) in [6.07, 6.45) is 2.37. The first-order valence-electron chi connectivity index (χ1n) is 6.88. The number of aromatic nitrogens is 1. The van der Waals surface area contributed by atoms with Gasteiger partial charge in [0.2, 0.25) is 0 Å². The summed E-state index contributed by atoms with van der Waals surface area (Å²) in [6.45, 7) is 1.99. The lowest BCUT2D eigenvalue weighted by Gasteiger charge is -2.28. The van der Waals surface area contributed by atoms with E-state index in [2.05, 4.69) is 4.98 Å². The van der Waals surface area contributed by atoms with Gasteiger partial charge in [-0.25, -0.2) is 0 Å². The molecule has 0 aliphatic heterocycles. The van der Waals surface area contributed by atoms with E-state index in [-0.39, 0.29) is 0 Å². The number of fused-ring (bicyclic) bond motifs is 1. The normalized spacial score (nSPS) is 14.1. The Labute approximate surface area is 118 Å². The number of hydrogen-bond acceptors (Lipinski definition) is 2. The summed E-state index contributed by atoms with van der Waals surface area (Å²) >= 11 is 0. The maximum absolute atomic E-state index is 11.2. The van der Waals surface area contributed by atoms with E-state index in [1.54, 1.807) is 6.20 Å². The molecule has 2 nitrogen and oxygen atoms in total. The predicted octanol–water partition coefficient (Wildman–Crippen LogP) is 3.88. The first-order chi connectivity index (χ1) is 9.75. The lowest BCUT2D eigenvalue weighted by Crippen LogP contribution is -2.26. The van der Waals surface area contributed by atoms with Crippen LogP contribution in [0.15, 0.2) is 66.9 Å². The van der Waals surface area contributed by atoms with E-state index < -0.39 is 5.60 Å². The molecule has 0 spiro atoms. The molecule has 0 saturated carbocycles. The van der Waals surface area contributed by atoms with E-state index in [0.29, 0.717) is 6.42 Å². The molecule has 2 aromatic carbocycles. The van der Waals surface area contributed by atoms with Crippen LogP contribution in [0.1, 0.15) is 24.5 Å². The van der Waals surface area contributed by atoms with Crippen molar-refractivity contribution in [2.75, 3.05) is 0 Å². The van der Waals surface area contributed by atoms with Crippen molar-refractivity contribution in [2.24, 2.45) is 0 Å². The van der Waals surface area contributed by atoms with Gasteiger partial charge in [-0.3, -0.25) is 4.98 Å². The molecule has 3 aromatic rings. The van der Waals surface area contributed by atoms with E-state index in [0.717, 1.165) is 22.0 Å². The number of para-hydroxylation sites is 1. The Balaban J connectivity index is 2.27. The molecule has 3 rings (SSSR count). The van der Waals surface area contributed by atoms with Crippen molar-refractivity contribution in [3.63, 3.8) is 0 Å². The van der Waals surface area contributed by atoms with Crippen LogP contribution < -0.4 is 0 Å². The highest BCUT2D eigenvalue weighted by molar-refractivity contribution is 5.83. The molecule has 0 radical (unpaired) electrons. The molecule has 1 aromatic heterocycles. The fraction of sp³-hybridized carbons (Fsp3) is 0.167. The Hall–Kier alpha value is -2.19. The fourth-order valence-electron chi connectivity index (χ4n) is 2.70. The molecule has 100 valence electrons. The number of aliphatic hydroxyl groups is 1. The Morgan fingerprint density at radius 1 is 0.950 bits per heavy atom. The number of benzene rings is 2. The van der Waals surface area contributed by atoms with Crippen molar-refractivity contribution in [2.45, 2.75) is 18.9 Å². The van der Waals surface area contributed by atoms with Gasteiger partial charge >= 0.3 is 0 Å². The lowest BCUT2D eigenvalue weighted by molar-refractivity contribution is 0.0779. The van der Waals surface area contributed by atoms with Crippen LogP contribution in [0, 0.1) is 0 Å². The summed E-state index contributed by atoms with van der Waals surface area (Å²) in [5.41, 5.74) is 1.63. The average Bonchev–Trinajstić information content (AvgIpc) is 2.54. The van der Waals surface area contributed by atoms with Gasteiger partial charge < -0.3 is 5.11 Å². The van der Waals surface area contributed by atoms with Crippen LogP contribution in [0.2, 0.25) is 0 Å². The Kier molecular flexibility index (Phi) is 3.25. The summed E-state index contributed by atoms with van der Waals surface area (Å²) < 4.78 is 0. The summed E-state index contributed by atoms with van der Waals surface area (Å²) in [5, 5.41) is 12.3. The molecular weight excluding hydrogens is 246 g/mol. The van der Waals surface area contributed by atoms with Crippen LogP contribution >= 0.6 is 0 Å². The molecule has 2 heteroatoms. The summed E-state index contributed by atoms with van der Waals surface area (Å²) in [6, 6.07) is 19.7. The number of pyridine rings is 1. The zero-order chi connectivity index (χ0) is 14.0. The fourth-order valence-corrected chi connectivity index (χ4v) is 2.70. The second kappa shape index (κ2) is 5.06. The summed E-state index contributed by atoms with van der Waals surface area (Å²) in [7, 11) is 0. The molecule has 1 atom stereocenters. The molecule has 1 N–H and O–H groups in total. The van der Waals surface area contributed by atoms with Crippen molar-refractivity contribution in [1.29, 1.82) is 0 Å². The Bertz CT molecular complexity index is 718. The quantitative estimate of drug-likeness (QED) is 0.778. The Morgan fingerprint density at radius 3 is 2.45 bits per heavy atom. The minimum absolute atomic E-state index is 0.604. The highest BCUT2D eigenvalue weighted by Crippen LogP contribution is 2.36. The number of rotatable bonds is 3. The van der Waals surface area contributed by atoms with Crippen molar-refractivity contribution in [3.8, 4) is 0 Å². The largest absolute Gasteiger partial charge is 0.380 e. The van der Waals surface area contributed by atoms with Gasteiger partial charge in [0.05, 0.1) is 5.52 Å². The molecule has 0 saturated heterocycles. The van der Waals surface area contributed by atoms with E-state index in [9.17, 15) is 5.11 Å². The van der Waals surface area contributed by atoms with E-state index in [4.69, 9.17) is 0 Å². The topological polar surface area (TPSA) is 33.1 Å². The minimum atomic E-state index is -1.00. The molecule has 0 fully saturated rings. The predicted molar refractivity (Wildman–Crippen MR) is 81.5 cm³/mol. The van der Waals surface area contributed by atoms with Crippen LogP contribution in [-0.4, -0.2) is 10.1 Å². The molecular formula is C18H17NO. The van der Waals surface area contributed by atoms with Crippen molar-refractivity contribution < 1.29 is 5.11 Å². The maximum atomic E-state index is 11.2. The maximum Gasteiger partial charge on any atom is 0.116 e. The van der Waals surface area contributed by atoms with Crippen LogP contribution in [-0.2, 0) is 5.60 Å². The molecule has 1 unspecified atom stereocenters. The molecule has 0 bridgehead atoms. The van der Waals surface area contributed by atoms with Crippen LogP contribution in [0.25, 0.3) is 10.9 Å². The summed E-state index contributed by atoms with van der Waals surface area (Å²) in [4.78, 5) is 4.46. The zero-order valence-electron chi connectivity index (χ0n) is 11.5. The second-order valence-electron chi connectivity index (χ2n) is 4.96. The van der Waals surface area contributed by atoms with Gasteiger partial charge in [-0.2, -0.15) is 0 Å². The smallest absolute Gasteiger partial charge is 0.116 e. The van der Waals surface area contributed by atoms with Crippen molar-refractivity contribution in [1.82, 2.24) is 4.98 Å². The number of hydrogen-bond donors (Lipinski definition) is 1. The van der Waals surface area contributed by atoms with Gasteiger partial charge in [0.1, 0.15) is 5.60 Å². The highest BCUT2D eigenvalue weighted by atomic mass is 16.3. The van der Waals surface area contributed by atoms with Crippen molar-refractivity contribution >= 4 is 10.9 Å². The van der Waals surface area contributed by atoms with E-state index in [1.807, 2.05) is 67.6 Å². The van der Waals surface area contributed by atoms with Crippen molar-refractivity contribution in [3.05, 3.63) is 78.0 Å². The summed E-state index contributed by atoms with van der Waals surface area (Å²) in [5.74, 6) is 0. The van der Waals surface area contributed by atoms with E-state index in [1.165, 1.54) is 0 Å². The van der Waals surface area contributed by atoms with Gasteiger partial charge in [0.15, 0.2) is 0 Å². The van der Waals surface area contributed by atoms with Gasteiger partial charge in [0, 0.05) is 17.1 Å². The van der Waals surface area contributed by atoms with Gasteiger partial charge in [-0.05, 0) is 18.1 Å². The SMILES string of the molecule is CCC(O)(c1ccccc1)c1cccc2cccnc12.